The van der Waals surface area contributed by atoms with E-state index in [1.807, 2.05) is 11.8 Å². The lowest BCUT2D eigenvalue weighted by molar-refractivity contribution is 0.0629. The first-order valence-corrected chi connectivity index (χ1v) is 5.09. The monoisotopic (exact) mass is 206 g/mol. The van der Waals surface area contributed by atoms with Gasteiger partial charge in [-0.1, -0.05) is 0 Å². The molecule has 0 aliphatic carbocycles. The summed E-state index contributed by atoms with van der Waals surface area (Å²) in [5.41, 5.74) is 0.561. The van der Waals surface area contributed by atoms with Crippen LogP contribution in [-0.2, 0) is 0 Å². The van der Waals surface area contributed by atoms with E-state index in [4.69, 9.17) is 0 Å². The molecule has 1 amide bonds. The van der Waals surface area contributed by atoms with Gasteiger partial charge in [-0.25, -0.2) is 9.97 Å². The fourth-order valence-corrected chi connectivity index (χ4v) is 1.64. The van der Waals surface area contributed by atoms with Gasteiger partial charge in [0.15, 0.2) is 0 Å². The highest BCUT2D eigenvalue weighted by atomic mass is 16.2. The lowest BCUT2D eigenvalue weighted by Gasteiger charge is -2.37. The van der Waals surface area contributed by atoms with Crippen LogP contribution in [0.15, 0.2) is 18.7 Å². The molecule has 1 aromatic heterocycles. The van der Waals surface area contributed by atoms with Crippen molar-refractivity contribution >= 4 is 5.91 Å². The molecule has 1 aliphatic heterocycles. The van der Waals surface area contributed by atoms with Gasteiger partial charge in [-0.15, -0.1) is 0 Å². The molecule has 5 nitrogen and oxygen atoms in total. The fourth-order valence-electron chi connectivity index (χ4n) is 1.64. The maximum atomic E-state index is 12.0. The van der Waals surface area contributed by atoms with Crippen LogP contribution in [0.25, 0.3) is 0 Å². The topological polar surface area (TPSA) is 58.1 Å². The Morgan fingerprint density at radius 1 is 1.53 bits per heavy atom. The van der Waals surface area contributed by atoms with Gasteiger partial charge in [0.1, 0.15) is 6.33 Å². The second-order valence-corrected chi connectivity index (χ2v) is 3.53. The number of amides is 1. The summed E-state index contributed by atoms with van der Waals surface area (Å²) >= 11 is 0. The zero-order valence-electron chi connectivity index (χ0n) is 8.68. The van der Waals surface area contributed by atoms with Crippen molar-refractivity contribution in [1.29, 1.82) is 0 Å². The highest BCUT2D eigenvalue weighted by Crippen LogP contribution is 2.09. The molecule has 0 aromatic carbocycles. The van der Waals surface area contributed by atoms with Gasteiger partial charge in [-0.05, 0) is 6.92 Å². The Hall–Kier alpha value is -1.49. The first-order valence-electron chi connectivity index (χ1n) is 5.09. The van der Waals surface area contributed by atoms with E-state index in [0.717, 1.165) is 19.6 Å². The lowest BCUT2D eigenvalue weighted by atomic mass is 10.1. The number of likely N-dealkylation sites (N-methyl/N-ethyl adjacent to an activating group) is 1. The number of nitrogens with one attached hydrogen (secondary N) is 1. The summed E-state index contributed by atoms with van der Waals surface area (Å²) in [5, 5.41) is 3.16. The van der Waals surface area contributed by atoms with Crippen LogP contribution < -0.4 is 5.32 Å². The molecule has 5 heteroatoms. The first kappa shape index (κ1) is 10.0. The second kappa shape index (κ2) is 4.35. The summed E-state index contributed by atoms with van der Waals surface area (Å²) in [4.78, 5) is 21.6. The normalized spacial score (nSPS) is 15.8. The molecule has 1 N–H and O–H groups in total. The third-order valence-corrected chi connectivity index (χ3v) is 2.61. The Morgan fingerprint density at radius 3 is 2.67 bits per heavy atom. The van der Waals surface area contributed by atoms with Crippen molar-refractivity contribution in [1.82, 2.24) is 20.2 Å². The molecule has 1 aliphatic rings. The number of aromatic nitrogens is 2. The van der Waals surface area contributed by atoms with E-state index >= 15 is 0 Å². The van der Waals surface area contributed by atoms with Crippen molar-refractivity contribution in [2.45, 2.75) is 13.0 Å². The molecule has 0 saturated carbocycles. The van der Waals surface area contributed by atoms with Crippen LogP contribution in [0.4, 0.5) is 0 Å². The quantitative estimate of drug-likeness (QED) is 0.751. The smallest absolute Gasteiger partial charge is 0.257 e. The third-order valence-electron chi connectivity index (χ3n) is 2.61. The number of carbonyl (C=O) groups excluding carboxylic acids is 1. The van der Waals surface area contributed by atoms with E-state index in [9.17, 15) is 4.79 Å². The summed E-state index contributed by atoms with van der Waals surface area (Å²) in [5.74, 6) is 0.0181. The van der Waals surface area contributed by atoms with E-state index in [2.05, 4.69) is 15.3 Å². The fraction of sp³-hybridized carbons (Fsp3) is 0.500. The molecule has 2 rings (SSSR count). The highest BCUT2D eigenvalue weighted by Gasteiger charge is 2.27. The average Bonchev–Trinajstić information content (AvgIpc) is 2.23. The summed E-state index contributed by atoms with van der Waals surface area (Å²) in [6.07, 6.45) is 4.55. The predicted octanol–water partition coefficient (Wildman–Crippen LogP) is -0.0895. The predicted molar refractivity (Wildman–Crippen MR) is 55.4 cm³/mol. The van der Waals surface area contributed by atoms with Crippen LogP contribution >= 0.6 is 0 Å². The SMILES string of the molecule is CCN(C(=O)c1cncnc1)C1CNC1. The van der Waals surface area contributed by atoms with Gasteiger partial charge >= 0.3 is 0 Å². The summed E-state index contributed by atoms with van der Waals surface area (Å²) < 4.78 is 0. The van der Waals surface area contributed by atoms with Crippen molar-refractivity contribution < 1.29 is 4.79 Å². The van der Waals surface area contributed by atoms with Gasteiger partial charge in [0.2, 0.25) is 0 Å². The van der Waals surface area contributed by atoms with Crippen molar-refractivity contribution in [2.24, 2.45) is 0 Å². The molecule has 15 heavy (non-hydrogen) atoms. The maximum absolute atomic E-state index is 12.0. The van der Waals surface area contributed by atoms with Crippen LogP contribution in [0.2, 0.25) is 0 Å². The second-order valence-electron chi connectivity index (χ2n) is 3.53. The number of hydrogen-bond acceptors (Lipinski definition) is 4. The van der Waals surface area contributed by atoms with Crippen LogP contribution in [0.5, 0.6) is 0 Å². The van der Waals surface area contributed by atoms with Crippen molar-refractivity contribution in [2.75, 3.05) is 19.6 Å². The van der Waals surface area contributed by atoms with Gasteiger partial charge in [-0.2, -0.15) is 0 Å². The highest BCUT2D eigenvalue weighted by molar-refractivity contribution is 5.93. The zero-order valence-corrected chi connectivity index (χ0v) is 8.68. The molecular weight excluding hydrogens is 192 g/mol. The van der Waals surface area contributed by atoms with Crippen molar-refractivity contribution in [3.05, 3.63) is 24.3 Å². The van der Waals surface area contributed by atoms with Gasteiger partial charge in [-0.3, -0.25) is 4.79 Å². The van der Waals surface area contributed by atoms with Crippen molar-refractivity contribution in [3.63, 3.8) is 0 Å². The maximum Gasteiger partial charge on any atom is 0.257 e. The Bertz CT molecular complexity index is 337. The van der Waals surface area contributed by atoms with Crippen LogP contribution in [0.1, 0.15) is 17.3 Å². The van der Waals surface area contributed by atoms with Crippen LogP contribution in [0.3, 0.4) is 0 Å². The number of carbonyl (C=O) groups is 1. The molecule has 0 bridgehead atoms. The number of rotatable bonds is 3. The molecular formula is C10H14N4O. The minimum absolute atomic E-state index is 0.0181. The minimum Gasteiger partial charge on any atom is -0.333 e. The lowest BCUT2D eigenvalue weighted by Crippen LogP contribution is -2.58. The largest absolute Gasteiger partial charge is 0.333 e. The zero-order chi connectivity index (χ0) is 10.7. The molecule has 0 unspecified atom stereocenters. The number of nitrogens with zero attached hydrogens (tertiary/aromatic N) is 3. The Kier molecular flexibility index (Phi) is 2.91. The Balaban J connectivity index is 2.11. The van der Waals surface area contributed by atoms with Gasteiger partial charge < -0.3 is 10.2 Å². The van der Waals surface area contributed by atoms with Gasteiger partial charge in [0.05, 0.1) is 11.6 Å². The molecule has 80 valence electrons. The summed E-state index contributed by atoms with van der Waals surface area (Å²) in [6, 6.07) is 0.322. The van der Waals surface area contributed by atoms with Crippen LogP contribution in [-0.4, -0.2) is 46.5 Å². The molecule has 0 atom stereocenters. The number of hydrogen-bond donors (Lipinski definition) is 1. The summed E-state index contributed by atoms with van der Waals surface area (Å²) in [6.45, 7) is 4.47. The van der Waals surface area contributed by atoms with Gasteiger partial charge in [0, 0.05) is 32.0 Å². The average molecular weight is 206 g/mol. The molecule has 1 fully saturated rings. The molecule has 0 spiro atoms. The third kappa shape index (κ3) is 1.97. The van der Waals surface area contributed by atoms with Crippen molar-refractivity contribution in [3.8, 4) is 0 Å². The molecule has 1 saturated heterocycles. The Morgan fingerprint density at radius 2 is 2.20 bits per heavy atom. The van der Waals surface area contributed by atoms with Gasteiger partial charge in [0.25, 0.3) is 5.91 Å². The molecule has 0 radical (unpaired) electrons. The first-order chi connectivity index (χ1) is 7.33. The van der Waals surface area contributed by atoms with E-state index in [1.165, 1.54) is 6.33 Å². The van der Waals surface area contributed by atoms with E-state index < -0.39 is 0 Å². The molecule has 1 aromatic rings. The summed E-state index contributed by atoms with van der Waals surface area (Å²) in [7, 11) is 0. The van der Waals surface area contributed by atoms with E-state index in [-0.39, 0.29) is 5.91 Å². The Labute approximate surface area is 88.5 Å². The van der Waals surface area contributed by atoms with E-state index in [1.54, 1.807) is 12.4 Å². The van der Waals surface area contributed by atoms with Crippen LogP contribution in [0, 0.1) is 0 Å². The minimum atomic E-state index is 0.0181. The standard InChI is InChI=1S/C10H14N4O/c1-2-14(9-5-11-6-9)10(15)8-3-12-7-13-4-8/h3-4,7,9,11H,2,5-6H2,1H3. The van der Waals surface area contributed by atoms with E-state index in [0.29, 0.717) is 11.6 Å². The molecule has 2 heterocycles.